The van der Waals surface area contributed by atoms with Crippen molar-refractivity contribution in [2.75, 3.05) is 24.5 Å². The summed E-state index contributed by atoms with van der Waals surface area (Å²) in [5, 5.41) is 3.11. The van der Waals surface area contributed by atoms with Gasteiger partial charge in [0.05, 0.1) is 6.42 Å². The first-order valence-corrected chi connectivity index (χ1v) is 8.68. The number of nitrogens with zero attached hydrogens (tertiary/aromatic N) is 2. The molecule has 24 heavy (non-hydrogen) atoms. The molecule has 0 bridgehead atoms. The van der Waals surface area contributed by atoms with Gasteiger partial charge >= 0.3 is 0 Å². The third-order valence-corrected chi connectivity index (χ3v) is 4.68. The largest absolute Gasteiger partial charge is 0.371 e. The zero-order chi connectivity index (χ0) is 16.8. The molecule has 4 nitrogen and oxygen atoms in total. The Kier molecular flexibility index (Phi) is 5.47. The molecule has 0 spiro atoms. The first kappa shape index (κ1) is 16.5. The Morgan fingerprint density at radius 3 is 2.67 bits per heavy atom. The van der Waals surface area contributed by atoms with Crippen LogP contribution in [0.5, 0.6) is 0 Å². The number of benzene rings is 1. The minimum Gasteiger partial charge on any atom is -0.371 e. The first-order chi connectivity index (χ1) is 11.7. The number of pyridine rings is 1. The molecule has 1 saturated heterocycles. The van der Waals surface area contributed by atoms with Crippen LogP contribution in [0.3, 0.4) is 0 Å². The van der Waals surface area contributed by atoms with Crippen LogP contribution in [0, 0.1) is 12.8 Å². The molecule has 0 saturated carbocycles. The molecule has 0 atom stereocenters. The molecule has 1 fully saturated rings. The summed E-state index contributed by atoms with van der Waals surface area (Å²) in [5.74, 6) is 0.696. The number of nitrogens with one attached hydrogen (secondary N) is 1. The average Bonchev–Trinajstić information content (AvgIpc) is 2.61. The zero-order valence-corrected chi connectivity index (χ0v) is 14.2. The van der Waals surface area contributed by atoms with Gasteiger partial charge in [-0.3, -0.25) is 9.78 Å². The Balaban J connectivity index is 1.41. The van der Waals surface area contributed by atoms with Gasteiger partial charge in [0.1, 0.15) is 0 Å². The topological polar surface area (TPSA) is 45.2 Å². The van der Waals surface area contributed by atoms with E-state index in [1.165, 1.54) is 11.3 Å². The van der Waals surface area contributed by atoms with E-state index in [0.717, 1.165) is 38.0 Å². The number of amides is 1. The van der Waals surface area contributed by atoms with Crippen LogP contribution in [-0.4, -0.2) is 30.5 Å². The predicted molar refractivity (Wildman–Crippen MR) is 97.1 cm³/mol. The van der Waals surface area contributed by atoms with Gasteiger partial charge in [-0.15, -0.1) is 0 Å². The van der Waals surface area contributed by atoms with Crippen molar-refractivity contribution in [1.82, 2.24) is 10.3 Å². The van der Waals surface area contributed by atoms with Crippen molar-refractivity contribution in [2.45, 2.75) is 26.2 Å². The molecule has 4 heteroatoms. The van der Waals surface area contributed by atoms with Gasteiger partial charge in [0.2, 0.25) is 5.91 Å². The molecule has 126 valence electrons. The summed E-state index contributed by atoms with van der Waals surface area (Å²) >= 11 is 0. The Morgan fingerprint density at radius 2 is 1.96 bits per heavy atom. The number of aromatic nitrogens is 1. The first-order valence-electron chi connectivity index (χ1n) is 8.68. The van der Waals surface area contributed by atoms with Crippen molar-refractivity contribution in [1.29, 1.82) is 0 Å². The highest BCUT2D eigenvalue weighted by atomic mass is 16.1. The van der Waals surface area contributed by atoms with E-state index in [2.05, 4.69) is 46.4 Å². The third kappa shape index (κ3) is 4.57. The summed E-state index contributed by atoms with van der Waals surface area (Å²) in [6.07, 6.45) is 6.39. The maximum Gasteiger partial charge on any atom is 0.224 e. The minimum atomic E-state index is 0.122. The van der Waals surface area contributed by atoms with Crippen LogP contribution in [0.2, 0.25) is 0 Å². The lowest BCUT2D eigenvalue weighted by molar-refractivity contribution is -0.120. The lowest BCUT2D eigenvalue weighted by atomic mass is 9.96. The number of hydrogen-bond donors (Lipinski definition) is 1. The van der Waals surface area contributed by atoms with Gasteiger partial charge in [-0.25, -0.2) is 0 Å². The van der Waals surface area contributed by atoms with Crippen molar-refractivity contribution in [2.24, 2.45) is 5.92 Å². The molecule has 2 heterocycles. The minimum absolute atomic E-state index is 0.122. The van der Waals surface area contributed by atoms with E-state index in [0.29, 0.717) is 12.3 Å². The molecule has 1 aliphatic heterocycles. The lowest BCUT2D eigenvalue weighted by Gasteiger charge is -2.33. The fourth-order valence-corrected chi connectivity index (χ4v) is 3.28. The van der Waals surface area contributed by atoms with Crippen molar-refractivity contribution in [3.05, 3.63) is 59.9 Å². The maximum absolute atomic E-state index is 12.1. The van der Waals surface area contributed by atoms with E-state index < -0.39 is 0 Å². The van der Waals surface area contributed by atoms with Crippen molar-refractivity contribution in [3.63, 3.8) is 0 Å². The Hall–Kier alpha value is -2.36. The molecule has 0 unspecified atom stereocenters. The Labute approximate surface area is 143 Å². The molecule has 1 aliphatic rings. The highest BCUT2D eigenvalue weighted by Crippen LogP contribution is 2.22. The molecular weight excluding hydrogens is 298 g/mol. The highest BCUT2D eigenvalue weighted by molar-refractivity contribution is 5.78. The summed E-state index contributed by atoms with van der Waals surface area (Å²) in [6.45, 7) is 4.93. The molecule has 3 rings (SSSR count). The number of aryl methyl sites for hydroxylation is 1. The molecule has 0 aliphatic carbocycles. The number of hydrogen-bond acceptors (Lipinski definition) is 3. The van der Waals surface area contributed by atoms with E-state index in [9.17, 15) is 4.79 Å². The molecule has 1 aromatic carbocycles. The van der Waals surface area contributed by atoms with Gasteiger partial charge in [0.15, 0.2) is 0 Å². The van der Waals surface area contributed by atoms with Crippen molar-refractivity contribution < 1.29 is 4.79 Å². The molecule has 2 aromatic rings. The third-order valence-electron chi connectivity index (χ3n) is 4.68. The fraction of sp³-hybridized carbons (Fsp3) is 0.400. The van der Waals surface area contributed by atoms with E-state index in [1.807, 2.05) is 24.5 Å². The van der Waals surface area contributed by atoms with E-state index in [1.54, 1.807) is 0 Å². The van der Waals surface area contributed by atoms with Gasteiger partial charge in [0.25, 0.3) is 0 Å². The van der Waals surface area contributed by atoms with Gasteiger partial charge < -0.3 is 10.2 Å². The monoisotopic (exact) mass is 323 g/mol. The number of carbonyl (C=O) groups is 1. The van der Waals surface area contributed by atoms with E-state index in [4.69, 9.17) is 0 Å². The van der Waals surface area contributed by atoms with Crippen LogP contribution in [0.4, 0.5) is 5.69 Å². The maximum atomic E-state index is 12.1. The van der Waals surface area contributed by atoms with Gasteiger partial charge in [-0.05, 0) is 43.4 Å². The highest BCUT2D eigenvalue weighted by Gasteiger charge is 2.19. The molecular formula is C20H25N3O. The Morgan fingerprint density at radius 1 is 1.21 bits per heavy atom. The molecule has 1 N–H and O–H groups in total. The van der Waals surface area contributed by atoms with Gasteiger partial charge in [-0.1, -0.05) is 29.8 Å². The van der Waals surface area contributed by atoms with Crippen LogP contribution >= 0.6 is 0 Å². The summed E-state index contributed by atoms with van der Waals surface area (Å²) in [7, 11) is 0. The second-order valence-electron chi connectivity index (χ2n) is 6.61. The normalized spacial score (nSPS) is 15.3. The van der Waals surface area contributed by atoms with E-state index in [-0.39, 0.29) is 5.91 Å². The van der Waals surface area contributed by atoms with Crippen LogP contribution < -0.4 is 10.2 Å². The van der Waals surface area contributed by atoms with Crippen LogP contribution in [-0.2, 0) is 11.2 Å². The zero-order valence-electron chi connectivity index (χ0n) is 14.2. The van der Waals surface area contributed by atoms with Crippen LogP contribution in [0.25, 0.3) is 0 Å². The number of rotatable bonds is 5. The summed E-state index contributed by atoms with van der Waals surface area (Å²) in [6, 6.07) is 12.3. The second kappa shape index (κ2) is 7.95. The molecule has 0 radical (unpaired) electrons. The number of anilines is 1. The van der Waals surface area contributed by atoms with Crippen LogP contribution in [0.1, 0.15) is 24.0 Å². The SMILES string of the molecule is Cc1cccc(CC(=O)NCC2CCN(c3ccncc3)CC2)c1. The molecule has 1 amide bonds. The second-order valence-corrected chi connectivity index (χ2v) is 6.61. The smallest absolute Gasteiger partial charge is 0.224 e. The molecule has 1 aromatic heterocycles. The van der Waals surface area contributed by atoms with E-state index >= 15 is 0 Å². The van der Waals surface area contributed by atoms with Crippen molar-refractivity contribution in [3.8, 4) is 0 Å². The quantitative estimate of drug-likeness (QED) is 0.920. The lowest BCUT2D eigenvalue weighted by Crippen LogP contribution is -2.39. The average molecular weight is 323 g/mol. The van der Waals surface area contributed by atoms with Gasteiger partial charge in [-0.2, -0.15) is 0 Å². The standard InChI is InChI=1S/C20H25N3O/c1-16-3-2-4-18(13-16)14-20(24)22-15-17-7-11-23(12-8-17)19-5-9-21-10-6-19/h2-6,9-10,13,17H,7-8,11-12,14-15H2,1H3,(H,22,24). The summed E-state index contributed by atoms with van der Waals surface area (Å²) in [4.78, 5) is 18.6. The summed E-state index contributed by atoms with van der Waals surface area (Å²) in [5.41, 5.74) is 3.52. The fourth-order valence-electron chi connectivity index (χ4n) is 3.28. The van der Waals surface area contributed by atoms with Gasteiger partial charge in [0, 0.05) is 37.7 Å². The number of piperidine rings is 1. The number of carbonyl (C=O) groups excluding carboxylic acids is 1. The Bertz CT molecular complexity index is 664. The van der Waals surface area contributed by atoms with Crippen molar-refractivity contribution >= 4 is 11.6 Å². The predicted octanol–water partition coefficient (Wildman–Crippen LogP) is 2.97. The van der Waals surface area contributed by atoms with Crippen LogP contribution in [0.15, 0.2) is 48.8 Å². The summed E-state index contributed by atoms with van der Waals surface area (Å²) < 4.78 is 0.